The standard InChI is InChI=1S/C24H24ClN3O4/c1-15(27-23(29)19-12-22(31-3)16(2)26-13-19)18-6-10-21(11-7-18)28-24(30)32-14-17-4-8-20(25)9-5-17/h4-13,15H,14H2,1-3H3,(H,27,29)(H,28,30)/t15-/m0/s1. The Morgan fingerprint density at radius 1 is 1.09 bits per heavy atom. The first-order valence-electron chi connectivity index (χ1n) is 9.95. The maximum atomic E-state index is 12.5. The van der Waals surface area contributed by atoms with Gasteiger partial charge in [-0.05, 0) is 55.3 Å². The van der Waals surface area contributed by atoms with Crippen molar-refractivity contribution in [3.05, 3.63) is 88.2 Å². The van der Waals surface area contributed by atoms with Crippen molar-refractivity contribution in [2.24, 2.45) is 0 Å². The van der Waals surface area contributed by atoms with Crippen molar-refractivity contribution in [1.29, 1.82) is 0 Å². The molecule has 1 heterocycles. The smallest absolute Gasteiger partial charge is 0.411 e. The van der Waals surface area contributed by atoms with Gasteiger partial charge in [0.15, 0.2) is 0 Å². The lowest BCUT2D eigenvalue weighted by Gasteiger charge is -2.15. The molecule has 0 radical (unpaired) electrons. The van der Waals surface area contributed by atoms with E-state index < -0.39 is 6.09 Å². The summed E-state index contributed by atoms with van der Waals surface area (Å²) in [5.41, 5.74) is 3.44. The minimum atomic E-state index is -0.560. The molecule has 1 atom stereocenters. The first kappa shape index (κ1) is 23.1. The average molecular weight is 454 g/mol. The van der Waals surface area contributed by atoms with Crippen LogP contribution in [0.2, 0.25) is 5.02 Å². The third-order valence-corrected chi connectivity index (χ3v) is 5.06. The van der Waals surface area contributed by atoms with Crippen LogP contribution in [0.25, 0.3) is 0 Å². The predicted molar refractivity (Wildman–Crippen MR) is 123 cm³/mol. The van der Waals surface area contributed by atoms with Crippen LogP contribution in [0.5, 0.6) is 5.75 Å². The number of carbonyl (C=O) groups excluding carboxylic acids is 2. The van der Waals surface area contributed by atoms with Crippen LogP contribution in [-0.4, -0.2) is 24.1 Å². The number of amides is 2. The Morgan fingerprint density at radius 3 is 2.44 bits per heavy atom. The summed E-state index contributed by atoms with van der Waals surface area (Å²) in [4.78, 5) is 28.7. The molecule has 2 N–H and O–H groups in total. The summed E-state index contributed by atoms with van der Waals surface area (Å²) in [6, 6.07) is 15.6. The van der Waals surface area contributed by atoms with Gasteiger partial charge in [-0.3, -0.25) is 15.1 Å². The van der Waals surface area contributed by atoms with Gasteiger partial charge in [0.05, 0.1) is 24.4 Å². The topological polar surface area (TPSA) is 89.6 Å². The van der Waals surface area contributed by atoms with Crippen LogP contribution in [0.15, 0.2) is 60.8 Å². The molecule has 8 heteroatoms. The van der Waals surface area contributed by atoms with Crippen LogP contribution in [-0.2, 0) is 11.3 Å². The molecule has 0 aliphatic rings. The number of anilines is 1. The molecule has 2 amide bonds. The molecule has 2 aromatic carbocycles. The Bertz CT molecular complexity index is 1090. The SMILES string of the molecule is COc1cc(C(=O)N[C@@H](C)c2ccc(NC(=O)OCc3ccc(Cl)cc3)cc2)cnc1C. The van der Waals surface area contributed by atoms with Crippen LogP contribution in [0, 0.1) is 6.92 Å². The molecular formula is C24H24ClN3O4. The lowest BCUT2D eigenvalue weighted by Crippen LogP contribution is -2.26. The quantitative estimate of drug-likeness (QED) is 0.507. The zero-order valence-corrected chi connectivity index (χ0v) is 18.8. The van der Waals surface area contributed by atoms with Crippen molar-refractivity contribution in [2.75, 3.05) is 12.4 Å². The van der Waals surface area contributed by atoms with E-state index in [0.717, 1.165) is 11.1 Å². The third-order valence-electron chi connectivity index (χ3n) is 4.81. The highest BCUT2D eigenvalue weighted by Gasteiger charge is 2.14. The molecule has 32 heavy (non-hydrogen) atoms. The van der Waals surface area contributed by atoms with Crippen molar-refractivity contribution >= 4 is 29.3 Å². The van der Waals surface area contributed by atoms with Crippen LogP contribution < -0.4 is 15.4 Å². The number of benzene rings is 2. The number of aryl methyl sites for hydroxylation is 1. The van der Waals surface area contributed by atoms with Crippen molar-refractivity contribution in [3.8, 4) is 5.75 Å². The number of pyridine rings is 1. The molecule has 0 saturated heterocycles. The second-order valence-corrected chi connectivity index (χ2v) is 7.59. The predicted octanol–water partition coefficient (Wildman–Crippen LogP) is 5.29. The van der Waals surface area contributed by atoms with E-state index in [1.54, 1.807) is 42.5 Å². The van der Waals surface area contributed by atoms with Crippen LogP contribution >= 0.6 is 11.6 Å². The van der Waals surface area contributed by atoms with Gasteiger partial charge in [0.25, 0.3) is 5.91 Å². The molecule has 0 saturated carbocycles. The van der Waals surface area contributed by atoms with E-state index >= 15 is 0 Å². The van der Waals surface area contributed by atoms with E-state index in [1.807, 2.05) is 26.0 Å². The largest absolute Gasteiger partial charge is 0.495 e. The first-order valence-corrected chi connectivity index (χ1v) is 10.3. The number of aromatic nitrogens is 1. The minimum absolute atomic E-state index is 0.142. The van der Waals surface area contributed by atoms with Crippen molar-refractivity contribution in [1.82, 2.24) is 10.3 Å². The number of halogens is 1. The molecule has 166 valence electrons. The molecule has 3 rings (SSSR count). The van der Waals surface area contributed by atoms with Gasteiger partial charge in [-0.15, -0.1) is 0 Å². The fourth-order valence-corrected chi connectivity index (χ4v) is 3.07. The Kier molecular flexibility index (Phi) is 7.68. The average Bonchev–Trinajstić information content (AvgIpc) is 2.79. The first-order chi connectivity index (χ1) is 15.4. The monoisotopic (exact) mass is 453 g/mol. The summed E-state index contributed by atoms with van der Waals surface area (Å²) in [6.07, 6.45) is 0.956. The van der Waals surface area contributed by atoms with Gasteiger partial charge in [0, 0.05) is 16.9 Å². The summed E-state index contributed by atoms with van der Waals surface area (Å²) >= 11 is 5.84. The number of rotatable bonds is 7. The van der Waals surface area contributed by atoms with E-state index in [2.05, 4.69) is 15.6 Å². The van der Waals surface area contributed by atoms with Gasteiger partial charge < -0.3 is 14.8 Å². The summed E-state index contributed by atoms with van der Waals surface area (Å²) in [5, 5.41) is 6.23. The van der Waals surface area contributed by atoms with E-state index in [4.69, 9.17) is 21.1 Å². The molecule has 3 aromatic rings. The number of nitrogens with zero attached hydrogens (tertiary/aromatic N) is 1. The van der Waals surface area contributed by atoms with Gasteiger partial charge in [-0.2, -0.15) is 0 Å². The fraction of sp³-hybridized carbons (Fsp3) is 0.208. The Morgan fingerprint density at radius 2 is 1.78 bits per heavy atom. The number of carbonyl (C=O) groups is 2. The van der Waals surface area contributed by atoms with E-state index in [-0.39, 0.29) is 18.6 Å². The molecule has 0 fully saturated rings. The molecule has 7 nitrogen and oxygen atoms in total. The molecule has 0 spiro atoms. The van der Waals surface area contributed by atoms with Crippen LogP contribution in [0.1, 0.15) is 40.1 Å². The number of methoxy groups -OCH3 is 1. The van der Waals surface area contributed by atoms with Gasteiger partial charge in [0.1, 0.15) is 12.4 Å². The highest BCUT2D eigenvalue weighted by Crippen LogP contribution is 2.19. The summed E-state index contributed by atoms with van der Waals surface area (Å²) in [7, 11) is 1.54. The number of hydrogen-bond donors (Lipinski definition) is 2. The highest BCUT2D eigenvalue weighted by atomic mass is 35.5. The maximum Gasteiger partial charge on any atom is 0.411 e. The molecule has 0 aliphatic carbocycles. The third kappa shape index (κ3) is 6.21. The van der Waals surface area contributed by atoms with Crippen molar-refractivity contribution in [2.45, 2.75) is 26.5 Å². The highest BCUT2D eigenvalue weighted by molar-refractivity contribution is 6.30. The van der Waals surface area contributed by atoms with E-state index in [9.17, 15) is 9.59 Å². The summed E-state index contributed by atoms with van der Waals surface area (Å²) in [6.45, 7) is 3.83. The van der Waals surface area contributed by atoms with E-state index in [0.29, 0.717) is 27.7 Å². The lowest BCUT2D eigenvalue weighted by atomic mass is 10.1. The Labute approximate surface area is 191 Å². The van der Waals surface area contributed by atoms with Gasteiger partial charge in [-0.1, -0.05) is 35.9 Å². The second-order valence-electron chi connectivity index (χ2n) is 7.16. The van der Waals surface area contributed by atoms with Gasteiger partial charge in [0.2, 0.25) is 0 Å². The number of ether oxygens (including phenoxy) is 2. The fourth-order valence-electron chi connectivity index (χ4n) is 2.95. The maximum absolute atomic E-state index is 12.5. The van der Waals surface area contributed by atoms with Crippen molar-refractivity contribution < 1.29 is 19.1 Å². The van der Waals surface area contributed by atoms with Crippen LogP contribution in [0.3, 0.4) is 0 Å². The normalized spacial score (nSPS) is 11.4. The molecule has 0 bridgehead atoms. The molecule has 1 aromatic heterocycles. The summed E-state index contributed by atoms with van der Waals surface area (Å²) < 4.78 is 10.4. The molecule has 0 aliphatic heterocycles. The lowest BCUT2D eigenvalue weighted by molar-refractivity contribution is 0.0939. The molecule has 0 unspecified atom stereocenters. The minimum Gasteiger partial charge on any atom is -0.495 e. The van der Waals surface area contributed by atoms with Gasteiger partial charge in [-0.25, -0.2) is 4.79 Å². The molecular weight excluding hydrogens is 430 g/mol. The number of nitrogens with one attached hydrogen (secondary N) is 2. The second kappa shape index (κ2) is 10.6. The zero-order chi connectivity index (χ0) is 23.1. The van der Waals surface area contributed by atoms with E-state index in [1.165, 1.54) is 13.3 Å². The zero-order valence-electron chi connectivity index (χ0n) is 18.0. The summed E-state index contributed by atoms with van der Waals surface area (Å²) in [5.74, 6) is 0.306. The Hall–Kier alpha value is -3.58. The number of hydrogen-bond acceptors (Lipinski definition) is 5. The Balaban J connectivity index is 1.53. The van der Waals surface area contributed by atoms with Crippen molar-refractivity contribution in [3.63, 3.8) is 0 Å². The van der Waals surface area contributed by atoms with Gasteiger partial charge >= 0.3 is 6.09 Å². The van der Waals surface area contributed by atoms with Crippen LogP contribution in [0.4, 0.5) is 10.5 Å².